The second kappa shape index (κ2) is 7.13. The topological polar surface area (TPSA) is 30.5 Å². The molecule has 0 saturated carbocycles. The zero-order valence-electron chi connectivity index (χ0n) is 12.0. The predicted molar refractivity (Wildman–Crippen MR) is 73.7 cm³/mol. The number of rotatable bonds is 5. The number of hydrogen-bond acceptors (Lipinski definition) is 3. The molecule has 1 fully saturated rings. The maximum absolute atomic E-state index is 13.0. The second-order valence-electron chi connectivity index (χ2n) is 5.15. The highest BCUT2D eigenvalue weighted by Gasteiger charge is 2.32. The normalized spacial score (nSPS) is 17.0. The second-order valence-corrected chi connectivity index (χ2v) is 5.15. The van der Waals surface area contributed by atoms with E-state index in [1.165, 1.54) is 13.2 Å². The Morgan fingerprint density at radius 3 is 2.48 bits per heavy atom. The zero-order valence-corrected chi connectivity index (χ0v) is 12.0. The molecule has 21 heavy (non-hydrogen) atoms. The fourth-order valence-electron chi connectivity index (χ4n) is 2.50. The van der Waals surface area contributed by atoms with Gasteiger partial charge in [-0.25, -0.2) is 0 Å². The maximum Gasteiger partial charge on any atom is 0.416 e. The number of nitrogens with one attached hydrogen (secondary N) is 1. The Labute approximate surface area is 122 Å². The third kappa shape index (κ3) is 4.61. The van der Waals surface area contributed by atoms with E-state index in [0.717, 1.165) is 32.0 Å². The summed E-state index contributed by atoms with van der Waals surface area (Å²) < 4.78 is 49.3. The number of alkyl halides is 3. The lowest BCUT2D eigenvalue weighted by molar-refractivity contribution is -0.137. The molecule has 0 unspecified atom stereocenters. The Bertz CT molecular complexity index is 457. The summed E-state index contributed by atoms with van der Waals surface area (Å²) in [5.74, 6) is 0.411. The Hall–Kier alpha value is -1.27. The molecule has 0 bridgehead atoms. The van der Waals surface area contributed by atoms with E-state index in [1.54, 1.807) is 6.07 Å². The van der Waals surface area contributed by atoms with Crippen LogP contribution in [0.5, 0.6) is 5.75 Å². The van der Waals surface area contributed by atoms with Crippen LogP contribution in [0, 0.1) is 0 Å². The lowest BCUT2D eigenvalue weighted by Crippen LogP contribution is -2.26. The largest absolute Gasteiger partial charge is 0.491 e. The van der Waals surface area contributed by atoms with Gasteiger partial charge in [0.2, 0.25) is 0 Å². The van der Waals surface area contributed by atoms with Gasteiger partial charge in [0, 0.05) is 7.11 Å². The summed E-state index contributed by atoms with van der Waals surface area (Å²) in [6.45, 7) is 2.25. The van der Waals surface area contributed by atoms with Gasteiger partial charge < -0.3 is 14.8 Å². The molecule has 118 valence electrons. The minimum Gasteiger partial charge on any atom is -0.491 e. The van der Waals surface area contributed by atoms with E-state index in [0.29, 0.717) is 12.2 Å². The van der Waals surface area contributed by atoms with Crippen molar-refractivity contribution < 1.29 is 22.6 Å². The molecule has 1 N–H and O–H groups in total. The summed E-state index contributed by atoms with van der Waals surface area (Å²) >= 11 is 0. The number of hydrogen-bond donors (Lipinski definition) is 1. The highest BCUT2D eigenvalue weighted by Crippen LogP contribution is 2.36. The average molecular weight is 303 g/mol. The SMILES string of the molecule is COCCOc1cc(C2CCNCC2)cc(C(F)(F)F)c1. The van der Waals surface area contributed by atoms with Crippen molar-refractivity contribution >= 4 is 0 Å². The third-order valence-corrected chi connectivity index (χ3v) is 3.62. The molecule has 0 aromatic heterocycles. The van der Waals surface area contributed by atoms with Gasteiger partial charge in [-0.1, -0.05) is 0 Å². The Morgan fingerprint density at radius 2 is 1.86 bits per heavy atom. The zero-order chi connectivity index (χ0) is 15.3. The van der Waals surface area contributed by atoms with Crippen molar-refractivity contribution in [1.29, 1.82) is 0 Å². The van der Waals surface area contributed by atoms with Gasteiger partial charge in [-0.2, -0.15) is 13.2 Å². The quantitative estimate of drug-likeness (QED) is 0.847. The Kier molecular flexibility index (Phi) is 5.47. The van der Waals surface area contributed by atoms with E-state index in [4.69, 9.17) is 9.47 Å². The van der Waals surface area contributed by atoms with E-state index in [9.17, 15) is 13.2 Å². The fraction of sp³-hybridized carbons (Fsp3) is 0.600. The summed E-state index contributed by atoms with van der Waals surface area (Å²) in [6.07, 6.45) is -2.67. The third-order valence-electron chi connectivity index (χ3n) is 3.62. The minimum absolute atomic E-state index is 0.151. The first-order valence-corrected chi connectivity index (χ1v) is 7.05. The molecule has 3 nitrogen and oxygen atoms in total. The molecule has 1 aliphatic rings. The summed E-state index contributed by atoms with van der Waals surface area (Å²) in [7, 11) is 1.52. The maximum atomic E-state index is 13.0. The van der Waals surface area contributed by atoms with E-state index < -0.39 is 11.7 Å². The smallest absolute Gasteiger partial charge is 0.416 e. The van der Waals surface area contributed by atoms with Crippen molar-refractivity contribution in [3.63, 3.8) is 0 Å². The molecular weight excluding hydrogens is 283 g/mol. The molecule has 1 heterocycles. The van der Waals surface area contributed by atoms with Crippen molar-refractivity contribution in [2.75, 3.05) is 33.4 Å². The Balaban J connectivity index is 2.23. The number of ether oxygens (including phenoxy) is 2. The molecule has 0 aliphatic carbocycles. The van der Waals surface area contributed by atoms with Gasteiger partial charge in [-0.3, -0.25) is 0 Å². The van der Waals surface area contributed by atoms with Crippen LogP contribution >= 0.6 is 0 Å². The molecule has 1 aromatic carbocycles. The minimum atomic E-state index is -4.36. The molecule has 6 heteroatoms. The van der Waals surface area contributed by atoms with Crippen LogP contribution in [0.25, 0.3) is 0 Å². The first-order valence-electron chi connectivity index (χ1n) is 7.05. The number of benzene rings is 1. The molecule has 0 spiro atoms. The van der Waals surface area contributed by atoms with E-state index in [1.807, 2.05) is 0 Å². The van der Waals surface area contributed by atoms with Crippen LogP contribution in [-0.4, -0.2) is 33.4 Å². The van der Waals surface area contributed by atoms with Gasteiger partial charge in [0.25, 0.3) is 0 Å². The average Bonchev–Trinajstić information content (AvgIpc) is 2.47. The lowest BCUT2D eigenvalue weighted by atomic mass is 9.89. The van der Waals surface area contributed by atoms with E-state index in [-0.39, 0.29) is 18.3 Å². The van der Waals surface area contributed by atoms with Crippen LogP contribution in [-0.2, 0) is 10.9 Å². The fourth-order valence-corrected chi connectivity index (χ4v) is 2.50. The summed E-state index contributed by atoms with van der Waals surface area (Å²) in [6, 6.07) is 4.03. The van der Waals surface area contributed by atoms with Gasteiger partial charge in [-0.15, -0.1) is 0 Å². The van der Waals surface area contributed by atoms with Crippen LogP contribution in [0.4, 0.5) is 13.2 Å². The molecule has 0 atom stereocenters. The molecule has 0 amide bonds. The number of piperidine rings is 1. The van der Waals surface area contributed by atoms with Gasteiger partial charge in [0.15, 0.2) is 0 Å². The van der Waals surface area contributed by atoms with Crippen LogP contribution < -0.4 is 10.1 Å². The van der Waals surface area contributed by atoms with E-state index >= 15 is 0 Å². The summed E-state index contributed by atoms with van der Waals surface area (Å²) in [5.41, 5.74) is 0.0599. The molecule has 1 aliphatic heterocycles. The molecule has 1 aromatic rings. The highest BCUT2D eigenvalue weighted by molar-refractivity contribution is 5.38. The first-order chi connectivity index (χ1) is 10.0. The van der Waals surface area contributed by atoms with Gasteiger partial charge >= 0.3 is 6.18 Å². The van der Waals surface area contributed by atoms with Gasteiger partial charge in [0.1, 0.15) is 12.4 Å². The number of methoxy groups -OCH3 is 1. The number of halogens is 3. The van der Waals surface area contributed by atoms with Gasteiger partial charge in [0.05, 0.1) is 12.2 Å². The molecular formula is C15H20F3NO2. The summed E-state index contributed by atoms with van der Waals surface area (Å²) in [5, 5.41) is 3.22. The highest BCUT2D eigenvalue weighted by atomic mass is 19.4. The van der Waals surface area contributed by atoms with Crippen molar-refractivity contribution in [2.45, 2.75) is 24.9 Å². The molecule has 1 saturated heterocycles. The van der Waals surface area contributed by atoms with Crippen LogP contribution in [0.3, 0.4) is 0 Å². The van der Waals surface area contributed by atoms with Crippen molar-refractivity contribution in [3.05, 3.63) is 29.3 Å². The summed E-state index contributed by atoms with van der Waals surface area (Å²) in [4.78, 5) is 0. The molecule has 0 radical (unpaired) electrons. The van der Waals surface area contributed by atoms with Crippen molar-refractivity contribution in [3.8, 4) is 5.75 Å². The first kappa shape index (κ1) is 16.1. The standard InChI is InChI=1S/C15H20F3NO2/c1-20-6-7-21-14-9-12(11-2-4-19-5-3-11)8-13(10-14)15(16,17)18/h8-11,19H,2-7H2,1H3. The van der Waals surface area contributed by atoms with Crippen LogP contribution in [0.1, 0.15) is 29.9 Å². The van der Waals surface area contributed by atoms with Gasteiger partial charge in [-0.05, 0) is 55.6 Å². The molecule has 2 rings (SSSR count). The van der Waals surface area contributed by atoms with Crippen LogP contribution in [0.2, 0.25) is 0 Å². The monoisotopic (exact) mass is 303 g/mol. The van der Waals surface area contributed by atoms with Crippen molar-refractivity contribution in [2.24, 2.45) is 0 Å². The van der Waals surface area contributed by atoms with Crippen molar-refractivity contribution in [1.82, 2.24) is 5.32 Å². The predicted octanol–water partition coefficient (Wildman–Crippen LogP) is 3.20. The lowest BCUT2D eigenvalue weighted by Gasteiger charge is -2.24. The van der Waals surface area contributed by atoms with Crippen LogP contribution in [0.15, 0.2) is 18.2 Å². The van der Waals surface area contributed by atoms with E-state index in [2.05, 4.69) is 5.32 Å². The Morgan fingerprint density at radius 1 is 1.14 bits per heavy atom.